The first-order valence-electron chi connectivity index (χ1n) is 8.23. The first-order chi connectivity index (χ1) is 11.7. The van der Waals surface area contributed by atoms with E-state index in [1.54, 1.807) is 6.92 Å². The van der Waals surface area contributed by atoms with Gasteiger partial charge in [0.2, 0.25) is 0 Å². The Morgan fingerprint density at radius 1 is 1.33 bits per heavy atom. The van der Waals surface area contributed by atoms with Crippen LogP contribution in [0.2, 0.25) is 0 Å². The number of benzene rings is 1. The number of aryl methyl sites for hydroxylation is 1. The largest absolute Gasteiger partial charge is 0.450 e. The molecule has 24 heavy (non-hydrogen) atoms. The predicted molar refractivity (Wildman–Crippen MR) is 98.0 cm³/mol. The molecule has 1 fully saturated rings. The Morgan fingerprint density at radius 2 is 2.04 bits per heavy atom. The summed E-state index contributed by atoms with van der Waals surface area (Å²) in [6.45, 7) is 5.16. The molecule has 1 saturated heterocycles. The van der Waals surface area contributed by atoms with Crippen LogP contribution < -0.4 is 5.32 Å². The van der Waals surface area contributed by atoms with Crippen molar-refractivity contribution in [2.45, 2.75) is 19.8 Å². The molecule has 1 N–H and O–H groups in total. The lowest BCUT2D eigenvalue weighted by atomic mass is 10.0. The third-order valence-corrected chi connectivity index (χ3v) is 4.06. The Balaban J connectivity index is 2.03. The highest BCUT2D eigenvalue weighted by atomic mass is 32.1. The van der Waals surface area contributed by atoms with E-state index in [1.807, 2.05) is 24.4 Å². The molecule has 1 aromatic carbocycles. The zero-order chi connectivity index (χ0) is 17.2. The summed E-state index contributed by atoms with van der Waals surface area (Å²) in [7, 11) is 0. The number of hydrogen-bond donors (Lipinski definition) is 1. The fraction of sp³-hybridized carbons (Fsp3) is 0.444. The van der Waals surface area contributed by atoms with Crippen molar-refractivity contribution in [1.82, 2.24) is 10.2 Å². The van der Waals surface area contributed by atoms with Gasteiger partial charge in [-0.1, -0.05) is 42.5 Å². The third kappa shape index (κ3) is 6.29. The summed E-state index contributed by atoms with van der Waals surface area (Å²) in [5.74, 6) is 0. The Labute approximate surface area is 148 Å². The number of nitrogens with one attached hydrogen (secondary N) is 1. The van der Waals surface area contributed by atoms with Gasteiger partial charge >= 0.3 is 6.09 Å². The molecule has 0 bridgehead atoms. The molecule has 0 unspecified atom stereocenters. The summed E-state index contributed by atoms with van der Waals surface area (Å²) in [6.07, 6.45) is 3.16. The summed E-state index contributed by atoms with van der Waals surface area (Å²) >= 11 is 5.41. The van der Waals surface area contributed by atoms with Crippen molar-refractivity contribution in [3.05, 3.63) is 47.7 Å². The Kier molecular flexibility index (Phi) is 7.71. The first-order valence-corrected chi connectivity index (χ1v) is 8.64. The highest BCUT2D eigenvalue weighted by Gasteiger charge is 2.14. The van der Waals surface area contributed by atoms with Gasteiger partial charge in [-0.3, -0.25) is 5.32 Å². The van der Waals surface area contributed by atoms with Crippen molar-refractivity contribution in [3.63, 3.8) is 0 Å². The molecule has 2 rings (SSSR count). The first kappa shape index (κ1) is 18.4. The Hall–Kier alpha value is -1.92. The highest BCUT2D eigenvalue weighted by molar-refractivity contribution is 7.80. The van der Waals surface area contributed by atoms with Crippen LogP contribution in [0.3, 0.4) is 0 Å². The van der Waals surface area contributed by atoms with Gasteiger partial charge in [-0.05, 0) is 25.3 Å². The zero-order valence-corrected chi connectivity index (χ0v) is 14.8. The maximum absolute atomic E-state index is 11.6. The summed E-state index contributed by atoms with van der Waals surface area (Å²) in [4.78, 5) is 14.3. The number of carbonyl (C=O) groups excluding carboxylic acids is 1. The van der Waals surface area contributed by atoms with Crippen molar-refractivity contribution >= 4 is 23.3 Å². The SMILES string of the molecule is CCOC(=O)NC(=S)C(=CN1CCOCC1)CCc1ccccc1. The van der Waals surface area contributed by atoms with Crippen LogP contribution in [0.15, 0.2) is 42.1 Å². The molecule has 6 heteroatoms. The maximum atomic E-state index is 11.6. The predicted octanol–water partition coefficient (Wildman–Crippen LogP) is 2.91. The lowest BCUT2D eigenvalue weighted by molar-refractivity contribution is 0.0591. The third-order valence-electron chi connectivity index (χ3n) is 3.69. The summed E-state index contributed by atoms with van der Waals surface area (Å²) in [5, 5.41) is 2.65. The molecular weight excluding hydrogens is 324 g/mol. The van der Waals surface area contributed by atoms with Gasteiger partial charge in [0, 0.05) is 24.9 Å². The van der Waals surface area contributed by atoms with E-state index in [-0.39, 0.29) is 0 Å². The number of nitrogens with zero attached hydrogens (tertiary/aromatic N) is 1. The molecule has 0 saturated carbocycles. The van der Waals surface area contributed by atoms with Crippen LogP contribution in [0.25, 0.3) is 0 Å². The van der Waals surface area contributed by atoms with Gasteiger partial charge in [-0.15, -0.1) is 0 Å². The lowest BCUT2D eigenvalue weighted by Crippen LogP contribution is -2.35. The van der Waals surface area contributed by atoms with Crippen LogP contribution in [-0.4, -0.2) is 48.9 Å². The van der Waals surface area contributed by atoms with Gasteiger partial charge in [0.05, 0.1) is 19.8 Å². The molecule has 5 nitrogen and oxygen atoms in total. The van der Waals surface area contributed by atoms with E-state index < -0.39 is 6.09 Å². The van der Waals surface area contributed by atoms with E-state index in [9.17, 15) is 4.79 Å². The molecule has 0 aliphatic carbocycles. The molecule has 1 aliphatic heterocycles. The van der Waals surface area contributed by atoms with Crippen LogP contribution in [-0.2, 0) is 15.9 Å². The van der Waals surface area contributed by atoms with Crippen LogP contribution in [0.5, 0.6) is 0 Å². The summed E-state index contributed by atoms with van der Waals surface area (Å²) < 4.78 is 10.3. The van der Waals surface area contributed by atoms with Gasteiger partial charge in [0.1, 0.15) is 4.99 Å². The van der Waals surface area contributed by atoms with Crippen LogP contribution in [0.1, 0.15) is 18.9 Å². The van der Waals surface area contributed by atoms with Crippen molar-refractivity contribution in [3.8, 4) is 0 Å². The Bertz CT molecular complexity index is 569. The smallest absolute Gasteiger partial charge is 0.412 e. The Morgan fingerprint density at radius 3 is 2.71 bits per heavy atom. The minimum absolute atomic E-state index is 0.320. The average molecular weight is 348 g/mol. The second kappa shape index (κ2) is 10.1. The van der Waals surface area contributed by atoms with E-state index in [4.69, 9.17) is 21.7 Å². The normalized spacial score (nSPS) is 15.0. The highest BCUT2D eigenvalue weighted by Crippen LogP contribution is 2.13. The molecule has 1 aromatic rings. The molecule has 0 spiro atoms. The summed E-state index contributed by atoms with van der Waals surface area (Å²) in [6, 6.07) is 10.2. The number of thiocarbonyl (C=S) groups is 1. The molecule has 0 radical (unpaired) electrons. The quantitative estimate of drug-likeness (QED) is 0.633. The van der Waals surface area contributed by atoms with Crippen molar-refractivity contribution in [2.75, 3.05) is 32.9 Å². The second-order valence-corrected chi connectivity index (χ2v) is 5.87. The molecule has 130 valence electrons. The van der Waals surface area contributed by atoms with Gasteiger partial charge in [0.15, 0.2) is 0 Å². The number of hydrogen-bond acceptors (Lipinski definition) is 5. The van der Waals surface area contributed by atoms with Crippen LogP contribution >= 0.6 is 12.2 Å². The number of carbonyl (C=O) groups is 1. The number of morpholine rings is 1. The summed E-state index contributed by atoms with van der Waals surface area (Å²) in [5.41, 5.74) is 2.17. The minimum atomic E-state index is -0.505. The standard InChI is InChI=1S/C18H24N2O3S/c1-2-23-18(21)19-17(24)16(14-20-10-12-22-13-11-20)9-8-15-6-4-3-5-7-15/h3-7,14H,2,8-13H2,1H3,(H,19,21,24). The van der Waals surface area contributed by atoms with E-state index >= 15 is 0 Å². The van der Waals surface area contributed by atoms with E-state index in [1.165, 1.54) is 5.56 Å². The molecule has 0 atom stereocenters. The zero-order valence-electron chi connectivity index (χ0n) is 14.0. The topological polar surface area (TPSA) is 50.8 Å². The fourth-order valence-electron chi connectivity index (χ4n) is 2.43. The molecular formula is C18H24N2O3S. The monoisotopic (exact) mass is 348 g/mol. The minimum Gasteiger partial charge on any atom is -0.450 e. The van der Waals surface area contributed by atoms with Crippen molar-refractivity contribution in [2.24, 2.45) is 0 Å². The van der Waals surface area contributed by atoms with Gasteiger partial charge < -0.3 is 14.4 Å². The van der Waals surface area contributed by atoms with Crippen LogP contribution in [0, 0.1) is 0 Å². The van der Waals surface area contributed by atoms with E-state index in [2.05, 4.69) is 22.3 Å². The van der Waals surface area contributed by atoms with E-state index in [0.717, 1.165) is 31.5 Å². The van der Waals surface area contributed by atoms with Gasteiger partial charge in [-0.2, -0.15) is 0 Å². The fourth-order valence-corrected chi connectivity index (χ4v) is 2.67. The van der Waals surface area contributed by atoms with Crippen molar-refractivity contribution in [1.29, 1.82) is 0 Å². The number of amides is 1. The van der Waals surface area contributed by atoms with Gasteiger partial charge in [0.25, 0.3) is 0 Å². The van der Waals surface area contributed by atoms with E-state index in [0.29, 0.717) is 24.8 Å². The average Bonchev–Trinajstić information content (AvgIpc) is 2.60. The van der Waals surface area contributed by atoms with Gasteiger partial charge in [-0.25, -0.2) is 4.79 Å². The second-order valence-electron chi connectivity index (χ2n) is 5.46. The number of rotatable bonds is 6. The molecule has 1 amide bonds. The maximum Gasteiger partial charge on any atom is 0.412 e. The molecule has 1 heterocycles. The number of alkyl carbamates (subject to hydrolysis) is 1. The van der Waals surface area contributed by atoms with Crippen LogP contribution in [0.4, 0.5) is 4.79 Å². The molecule has 0 aromatic heterocycles. The van der Waals surface area contributed by atoms with Crippen molar-refractivity contribution < 1.29 is 14.3 Å². The lowest BCUT2D eigenvalue weighted by Gasteiger charge is -2.26. The number of ether oxygens (including phenoxy) is 2. The molecule has 1 aliphatic rings.